The minimum atomic E-state index is -0.674. The lowest BCUT2D eigenvalue weighted by molar-refractivity contribution is -0.384. The summed E-state index contributed by atoms with van der Waals surface area (Å²) in [4.78, 5) is 38.0. The highest BCUT2D eigenvalue weighted by Crippen LogP contribution is 2.18. The number of non-ortho nitro benzene ring substituents is 1. The van der Waals surface area contributed by atoms with Gasteiger partial charge in [-0.05, 0) is 25.1 Å². The van der Waals surface area contributed by atoms with E-state index < -0.39 is 10.8 Å². The molecule has 0 unspecified atom stereocenters. The number of nitrogens with two attached hydrogens (primary N) is 1. The standard InChI is InChI=1S/C16H16N6O4/c1-10(5-15(23)19-13-3-2-4-18-9-13)20-21-16(24)11-6-12(17)8-14(7-11)22(25)26/h2-4,6-9H,5,17H2,1H3,(H,19,23)(H,21,24). The number of aromatic nitrogens is 1. The Morgan fingerprint density at radius 1 is 1.35 bits per heavy atom. The van der Waals surface area contributed by atoms with Crippen molar-refractivity contribution in [2.45, 2.75) is 13.3 Å². The maximum atomic E-state index is 12.0. The molecule has 1 heterocycles. The van der Waals surface area contributed by atoms with Gasteiger partial charge in [-0.1, -0.05) is 0 Å². The van der Waals surface area contributed by atoms with E-state index in [1.807, 2.05) is 0 Å². The van der Waals surface area contributed by atoms with Crippen LogP contribution in [0.25, 0.3) is 0 Å². The minimum Gasteiger partial charge on any atom is -0.399 e. The van der Waals surface area contributed by atoms with E-state index in [1.165, 1.54) is 12.3 Å². The Hall–Kier alpha value is -3.82. The Kier molecular flexibility index (Phi) is 5.93. The van der Waals surface area contributed by atoms with Gasteiger partial charge in [0.05, 0.1) is 28.8 Å². The fraction of sp³-hybridized carbons (Fsp3) is 0.125. The molecule has 0 radical (unpaired) electrons. The summed E-state index contributed by atoms with van der Waals surface area (Å²) < 4.78 is 0. The molecular weight excluding hydrogens is 340 g/mol. The first-order chi connectivity index (χ1) is 12.3. The summed E-state index contributed by atoms with van der Waals surface area (Å²) in [5.41, 5.74) is 8.46. The van der Waals surface area contributed by atoms with Gasteiger partial charge in [0.1, 0.15) is 0 Å². The number of nitrogens with zero attached hydrogens (tertiary/aromatic N) is 3. The van der Waals surface area contributed by atoms with Crippen molar-refractivity contribution >= 4 is 34.6 Å². The van der Waals surface area contributed by atoms with Crippen LogP contribution in [-0.2, 0) is 4.79 Å². The molecule has 2 amide bonds. The molecule has 4 N–H and O–H groups in total. The number of hydrogen-bond donors (Lipinski definition) is 3. The molecule has 1 aromatic heterocycles. The molecule has 26 heavy (non-hydrogen) atoms. The molecule has 0 aliphatic heterocycles. The molecular formula is C16H16N6O4. The molecule has 0 aliphatic rings. The van der Waals surface area contributed by atoms with Crippen molar-refractivity contribution in [2.75, 3.05) is 11.1 Å². The van der Waals surface area contributed by atoms with E-state index in [9.17, 15) is 19.7 Å². The zero-order chi connectivity index (χ0) is 19.1. The average Bonchev–Trinajstić information content (AvgIpc) is 2.59. The third-order valence-corrected chi connectivity index (χ3v) is 3.12. The first kappa shape index (κ1) is 18.5. The van der Waals surface area contributed by atoms with Gasteiger partial charge in [0.15, 0.2) is 0 Å². The largest absolute Gasteiger partial charge is 0.399 e. The Morgan fingerprint density at radius 3 is 2.77 bits per heavy atom. The van der Waals surface area contributed by atoms with Crippen LogP contribution in [0, 0.1) is 10.1 Å². The smallest absolute Gasteiger partial charge is 0.272 e. The summed E-state index contributed by atoms with van der Waals surface area (Å²) in [6.07, 6.45) is 3.03. The van der Waals surface area contributed by atoms with Crippen molar-refractivity contribution in [3.8, 4) is 0 Å². The highest BCUT2D eigenvalue weighted by Gasteiger charge is 2.13. The van der Waals surface area contributed by atoms with Gasteiger partial charge in [0.25, 0.3) is 11.6 Å². The maximum Gasteiger partial charge on any atom is 0.272 e. The van der Waals surface area contributed by atoms with Crippen LogP contribution in [0.1, 0.15) is 23.7 Å². The van der Waals surface area contributed by atoms with Crippen molar-refractivity contribution in [1.29, 1.82) is 0 Å². The molecule has 0 spiro atoms. The minimum absolute atomic E-state index is 0.00642. The van der Waals surface area contributed by atoms with E-state index in [1.54, 1.807) is 25.3 Å². The zero-order valence-corrected chi connectivity index (χ0v) is 13.8. The third-order valence-electron chi connectivity index (χ3n) is 3.12. The molecule has 10 nitrogen and oxygen atoms in total. The van der Waals surface area contributed by atoms with Crippen LogP contribution >= 0.6 is 0 Å². The molecule has 2 rings (SSSR count). The topological polar surface area (TPSA) is 153 Å². The lowest BCUT2D eigenvalue weighted by atomic mass is 10.1. The van der Waals surface area contributed by atoms with Crippen LogP contribution < -0.4 is 16.5 Å². The Balaban J connectivity index is 1.96. The number of amides is 2. The van der Waals surface area contributed by atoms with Gasteiger partial charge >= 0.3 is 0 Å². The molecule has 0 aliphatic carbocycles. The number of nitro groups is 1. The Labute approximate surface area is 148 Å². The zero-order valence-electron chi connectivity index (χ0n) is 13.8. The summed E-state index contributed by atoms with van der Waals surface area (Å²) in [6, 6.07) is 6.90. The van der Waals surface area contributed by atoms with Crippen molar-refractivity contribution in [3.63, 3.8) is 0 Å². The first-order valence-electron chi connectivity index (χ1n) is 7.43. The number of nitro benzene ring substituents is 1. The van der Waals surface area contributed by atoms with Gasteiger partial charge in [-0.25, -0.2) is 5.43 Å². The van der Waals surface area contributed by atoms with Crippen LogP contribution in [0.2, 0.25) is 0 Å². The number of hydrogen-bond acceptors (Lipinski definition) is 7. The second-order valence-electron chi connectivity index (χ2n) is 5.32. The Bertz CT molecular complexity index is 866. The number of nitrogens with one attached hydrogen (secondary N) is 2. The van der Waals surface area contributed by atoms with Crippen LogP contribution in [-0.4, -0.2) is 27.4 Å². The molecule has 0 bridgehead atoms. The molecule has 1 aromatic carbocycles. The van der Waals surface area contributed by atoms with Gasteiger partial charge in [0, 0.05) is 29.7 Å². The van der Waals surface area contributed by atoms with E-state index in [2.05, 4.69) is 20.8 Å². The van der Waals surface area contributed by atoms with Gasteiger partial charge < -0.3 is 11.1 Å². The highest BCUT2D eigenvalue weighted by atomic mass is 16.6. The quantitative estimate of drug-likeness (QED) is 0.310. The summed E-state index contributed by atoms with van der Waals surface area (Å²) in [6.45, 7) is 1.56. The highest BCUT2D eigenvalue weighted by molar-refractivity contribution is 6.06. The van der Waals surface area contributed by atoms with Crippen molar-refractivity contribution in [1.82, 2.24) is 10.4 Å². The number of hydrazone groups is 1. The normalized spacial score (nSPS) is 10.9. The fourth-order valence-corrected chi connectivity index (χ4v) is 2.00. The summed E-state index contributed by atoms with van der Waals surface area (Å²) in [7, 11) is 0. The molecule has 0 fully saturated rings. The van der Waals surface area contributed by atoms with Crippen LogP contribution in [0.3, 0.4) is 0 Å². The molecule has 134 valence electrons. The number of rotatable bonds is 6. The summed E-state index contributed by atoms with van der Waals surface area (Å²) in [5, 5.41) is 17.3. The van der Waals surface area contributed by atoms with Gasteiger partial charge in [0.2, 0.25) is 5.91 Å². The lowest BCUT2D eigenvalue weighted by Gasteiger charge is -2.05. The Morgan fingerprint density at radius 2 is 2.12 bits per heavy atom. The van der Waals surface area contributed by atoms with Gasteiger partial charge in [-0.15, -0.1) is 0 Å². The second-order valence-corrected chi connectivity index (χ2v) is 5.32. The van der Waals surface area contributed by atoms with E-state index in [0.717, 1.165) is 12.1 Å². The van der Waals surface area contributed by atoms with E-state index in [4.69, 9.17) is 5.73 Å². The molecule has 0 saturated carbocycles. The number of carbonyl (C=O) groups is 2. The summed E-state index contributed by atoms with van der Waals surface area (Å²) in [5.74, 6) is -1.000. The van der Waals surface area contributed by atoms with Crippen LogP contribution in [0.15, 0.2) is 47.8 Å². The number of carbonyl (C=O) groups excluding carboxylic acids is 2. The molecule has 0 atom stereocenters. The number of anilines is 2. The predicted octanol–water partition coefficient (Wildman–Crippen LogP) is 1.71. The number of pyridine rings is 1. The van der Waals surface area contributed by atoms with Crippen molar-refractivity contribution in [2.24, 2.45) is 5.10 Å². The van der Waals surface area contributed by atoms with E-state index in [-0.39, 0.29) is 29.3 Å². The molecule has 2 aromatic rings. The number of nitrogen functional groups attached to an aromatic ring is 1. The monoisotopic (exact) mass is 356 g/mol. The fourth-order valence-electron chi connectivity index (χ4n) is 2.00. The average molecular weight is 356 g/mol. The van der Waals surface area contributed by atoms with Crippen molar-refractivity contribution < 1.29 is 14.5 Å². The maximum absolute atomic E-state index is 12.0. The van der Waals surface area contributed by atoms with Gasteiger partial charge in [-0.3, -0.25) is 24.7 Å². The third kappa shape index (κ3) is 5.37. The predicted molar refractivity (Wildman–Crippen MR) is 95.6 cm³/mol. The van der Waals surface area contributed by atoms with Gasteiger partial charge in [-0.2, -0.15) is 5.10 Å². The van der Waals surface area contributed by atoms with Crippen molar-refractivity contribution in [3.05, 3.63) is 58.4 Å². The van der Waals surface area contributed by atoms with E-state index in [0.29, 0.717) is 11.4 Å². The SMILES string of the molecule is CC(CC(=O)Nc1cccnc1)=NNC(=O)c1cc(N)cc([N+](=O)[O-])c1. The van der Waals surface area contributed by atoms with E-state index >= 15 is 0 Å². The second kappa shape index (κ2) is 8.33. The molecule has 10 heteroatoms. The first-order valence-corrected chi connectivity index (χ1v) is 7.43. The van der Waals surface area contributed by atoms with Crippen LogP contribution in [0.4, 0.5) is 17.1 Å². The van der Waals surface area contributed by atoms with Crippen LogP contribution in [0.5, 0.6) is 0 Å². The summed E-state index contributed by atoms with van der Waals surface area (Å²) >= 11 is 0. The number of benzene rings is 1. The lowest BCUT2D eigenvalue weighted by Crippen LogP contribution is -2.21. The molecule has 0 saturated heterocycles.